The van der Waals surface area contributed by atoms with Crippen LogP contribution in [0.5, 0.6) is 11.6 Å². The van der Waals surface area contributed by atoms with Crippen LogP contribution >= 0.6 is 23.2 Å². The van der Waals surface area contributed by atoms with Gasteiger partial charge in [-0.1, -0.05) is 59.6 Å². The van der Waals surface area contributed by atoms with Crippen LogP contribution < -0.4 is 9.47 Å². The summed E-state index contributed by atoms with van der Waals surface area (Å²) in [5.41, 5.74) is 6.46. The number of hydrogen-bond acceptors (Lipinski definition) is 8. The minimum Gasteiger partial charge on any atom is -0.496 e. The molecule has 0 saturated carbocycles. The number of ether oxygens (including phenoxy) is 2. The van der Waals surface area contributed by atoms with Crippen molar-refractivity contribution in [2.75, 3.05) is 67.6 Å². The smallest absolute Gasteiger partial charge is 0.219 e. The van der Waals surface area contributed by atoms with E-state index in [1.54, 1.807) is 34.3 Å². The van der Waals surface area contributed by atoms with Crippen molar-refractivity contribution in [1.82, 2.24) is 29.6 Å². The highest BCUT2D eigenvalue weighted by Gasteiger charge is 2.30. The van der Waals surface area contributed by atoms with Crippen LogP contribution in [0.3, 0.4) is 0 Å². The molecule has 274 valence electrons. The summed E-state index contributed by atoms with van der Waals surface area (Å²) in [6.07, 6.45) is 1.74. The predicted octanol–water partition coefficient (Wildman–Crippen LogP) is 6.62. The molecule has 4 heterocycles. The summed E-state index contributed by atoms with van der Waals surface area (Å²) in [7, 11) is 7.46. The van der Waals surface area contributed by atoms with Crippen LogP contribution in [0.4, 0.5) is 0 Å². The second-order valence-corrected chi connectivity index (χ2v) is 14.8. The summed E-state index contributed by atoms with van der Waals surface area (Å²) in [4.78, 5) is 40.9. The molecule has 6 rings (SSSR count). The van der Waals surface area contributed by atoms with E-state index in [1.807, 2.05) is 58.3 Å². The summed E-state index contributed by atoms with van der Waals surface area (Å²) in [6.45, 7) is 9.61. The fourth-order valence-corrected chi connectivity index (χ4v) is 7.85. The number of hydrogen-bond donors (Lipinski definition) is 0. The standard InChI is InChI=1S/C40H46Cl2N6O4/c1-25(49)47-19-27(20-47)17-45(3)23-30-11-10-29(16-36(30)51-5)39-38(42)33(14-15-43-39)32-8-7-9-34(37(32)41)35-13-12-31(40(44-35)52-6)24-46(4)18-28-21-48(22-28)26(2)50/h7-16,27-28H,17-24H2,1-6H3. The number of methoxy groups -OCH3 is 2. The van der Waals surface area contributed by atoms with E-state index in [0.717, 1.165) is 78.4 Å². The monoisotopic (exact) mass is 744 g/mol. The highest BCUT2D eigenvalue weighted by Crippen LogP contribution is 2.42. The van der Waals surface area contributed by atoms with Crippen molar-refractivity contribution in [3.05, 3.63) is 82.0 Å². The number of carbonyl (C=O) groups is 2. The van der Waals surface area contributed by atoms with Crippen molar-refractivity contribution in [2.24, 2.45) is 11.8 Å². The van der Waals surface area contributed by atoms with Crippen LogP contribution in [0.15, 0.2) is 60.8 Å². The van der Waals surface area contributed by atoms with Crippen LogP contribution in [-0.4, -0.2) is 109 Å². The zero-order valence-electron chi connectivity index (χ0n) is 30.7. The average molecular weight is 746 g/mol. The Balaban J connectivity index is 1.18. The maximum absolute atomic E-state index is 11.6. The van der Waals surface area contributed by atoms with Gasteiger partial charge in [0.25, 0.3) is 0 Å². The molecule has 2 aliphatic rings. The molecule has 0 unspecified atom stereocenters. The summed E-state index contributed by atoms with van der Waals surface area (Å²) in [5, 5.41) is 1.00. The van der Waals surface area contributed by atoms with Gasteiger partial charge in [0.1, 0.15) is 5.75 Å². The average Bonchev–Trinajstić information content (AvgIpc) is 3.08. The van der Waals surface area contributed by atoms with Gasteiger partial charge in [-0.05, 0) is 32.3 Å². The molecule has 0 bridgehead atoms. The SMILES string of the molecule is COc1cc(-c2nccc(-c3cccc(-c4ccc(CN(C)CC5CN(C(C)=O)C5)c(OC)n4)c3Cl)c2Cl)ccc1CN(C)CC1CN(C(C)=O)C1. The van der Waals surface area contributed by atoms with Crippen LogP contribution in [-0.2, 0) is 22.7 Å². The van der Waals surface area contributed by atoms with Crippen molar-refractivity contribution in [1.29, 1.82) is 0 Å². The molecule has 12 heteroatoms. The predicted molar refractivity (Wildman–Crippen MR) is 206 cm³/mol. The van der Waals surface area contributed by atoms with Crippen molar-refractivity contribution < 1.29 is 19.1 Å². The number of rotatable bonds is 13. The van der Waals surface area contributed by atoms with E-state index in [2.05, 4.69) is 34.9 Å². The number of carbonyl (C=O) groups excluding carboxylic acids is 2. The van der Waals surface area contributed by atoms with Crippen molar-refractivity contribution in [3.8, 4) is 45.3 Å². The lowest BCUT2D eigenvalue weighted by Gasteiger charge is -2.40. The van der Waals surface area contributed by atoms with Gasteiger partial charge in [0.2, 0.25) is 17.7 Å². The number of pyridine rings is 2. The van der Waals surface area contributed by atoms with Gasteiger partial charge in [0.05, 0.1) is 35.7 Å². The Labute approximate surface area is 316 Å². The highest BCUT2D eigenvalue weighted by atomic mass is 35.5. The van der Waals surface area contributed by atoms with E-state index in [0.29, 0.717) is 52.2 Å². The summed E-state index contributed by atoms with van der Waals surface area (Å²) >= 11 is 14.2. The lowest BCUT2D eigenvalue weighted by molar-refractivity contribution is -0.136. The van der Waals surface area contributed by atoms with Crippen LogP contribution in [0.25, 0.3) is 33.6 Å². The van der Waals surface area contributed by atoms with E-state index in [4.69, 9.17) is 37.7 Å². The Kier molecular flexibility index (Phi) is 11.7. The van der Waals surface area contributed by atoms with E-state index < -0.39 is 0 Å². The lowest BCUT2D eigenvalue weighted by atomic mass is 9.98. The Bertz CT molecular complexity index is 1810. The largest absolute Gasteiger partial charge is 0.496 e. The zero-order chi connectivity index (χ0) is 37.1. The molecule has 0 aliphatic carbocycles. The molecule has 10 nitrogen and oxygen atoms in total. The van der Waals surface area contributed by atoms with Crippen LogP contribution in [0, 0.1) is 11.8 Å². The molecule has 2 aliphatic heterocycles. The second kappa shape index (κ2) is 16.2. The van der Waals surface area contributed by atoms with Crippen molar-refractivity contribution >= 4 is 35.0 Å². The molecule has 0 N–H and O–H groups in total. The summed E-state index contributed by atoms with van der Waals surface area (Å²) in [5.74, 6) is 2.50. The molecule has 0 spiro atoms. The maximum atomic E-state index is 11.6. The van der Waals surface area contributed by atoms with Crippen LogP contribution in [0.2, 0.25) is 10.0 Å². The molecule has 0 radical (unpaired) electrons. The number of aromatic nitrogens is 2. The first-order valence-electron chi connectivity index (χ1n) is 17.5. The van der Waals surface area contributed by atoms with Crippen molar-refractivity contribution in [3.63, 3.8) is 0 Å². The normalized spacial score (nSPS) is 14.8. The molecular formula is C40H46Cl2N6O4. The Morgan fingerprint density at radius 3 is 1.94 bits per heavy atom. The number of nitrogens with zero attached hydrogens (tertiary/aromatic N) is 6. The fourth-order valence-electron chi connectivity index (χ4n) is 7.21. The van der Waals surface area contributed by atoms with E-state index >= 15 is 0 Å². The minimum atomic E-state index is 0.130. The van der Waals surface area contributed by atoms with Gasteiger partial charge >= 0.3 is 0 Å². The number of halogens is 2. The number of benzene rings is 2. The second-order valence-electron chi connectivity index (χ2n) is 14.1. The first kappa shape index (κ1) is 37.5. The number of likely N-dealkylation sites (tertiary alicyclic amines) is 2. The third-order valence-electron chi connectivity index (χ3n) is 9.97. The third kappa shape index (κ3) is 8.20. The quantitative estimate of drug-likeness (QED) is 0.151. The third-order valence-corrected chi connectivity index (χ3v) is 10.8. The first-order chi connectivity index (χ1) is 24.9. The van der Waals surface area contributed by atoms with Gasteiger partial charge in [-0.25, -0.2) is 4.98 Å². The maximum Gasteiger partial charge on any atom is 0.219 e. The van der Waals surface area contributed by atoms with Gasteiger partial charge in [-0.3, -0.25) is 14.6 Å². The van der Waals surface area contributed by atoms with E-state index in [-0.39, 0.29) is 11.8 Å². The molecule has 2 aromatic carbocycles. The molecule has 2 saturated heterocycles. The molecule has 2 aromatic heterocycles. The van der Waals surface area contributed by atoms with E-state index in [9.17, 15) is 9.59 Å². The lowest BCUT2D eigenvalue weighted by Crippen LogP contribution is -2.52. The Morgan fingerprint density at radius 1 is 0.769 bits per heavy atom. The molecule has 2 fully saturated rings. The molecule has 0 atom stereocenters. The van der Waals surface area contributed by atoms with Gasteiger partial charge < -0.3 is 29.1 Å². The Hall–Kier alpha value is -4.22. The summed E-state index contributed by atoms with van der Waals surface area (Å²) < 4.78 is 11.6. The zero-order valence-corrected chi connectivity index (χ0v) is 32.2. The van der Waals surface area contributed by atoms with Gasteiger partial charge in [0, 0.05) is 118 Å². The van der Waals surface area contributed by atoms with E-state index in [1.165, 1.54) is 0 Å². The molecule has 2 amide bonds. The molecule has 52 heavy (non-hydrogen) atoms. The van der Waals surface area contributed by atoms with Crippen molar-refractivity contribution in [2.45, 2.75) is 26.9 Å². The summed E-state index contributed by atoms with van der Waals surface area (Å²) in [6, 6.07) is 17.8. The topological polar surface area (TPSA) is 91.3 Å². The fraction of sp³-hybridized carbons (Fsp3) is 0.400. The first-order valence-corrected chi connectivity index (χ1v) is 18.2. The van der Waals surface area contributed by atoms with Gasteiger partial charge in [-0.2, -0.15) is 0 Å². The Morgan fingerprint density at radius 2 is 1.35 bits per heavy atom. The molecular weight excluding hydrogens is 699 g/mol. The van der Waals surface area contributed by atoms with Gasteiger partial charge in [-0.15, -0.1) is 0 Å². The minimum absolute atomic E-state index is 0.130. The highest BCUT2D eigenvalue weighted by molar-refractivity contribution is 6.39. The van der Waals surface area contributed by atoms with Gasteiger partial charge in [0.15, 0.2) is 0 Å². The van der Waals surface area contributed by atoms with Crippen LogP contribution in [0.1, 0.15) is 25.0 Å². The molecule has 4 aromatic rings. The number of amides is 2.